The average molecular weight is 256 g/mol. The number of amides is 1. The number of nitrogens with two attached hydrogens (primary N) is 1. The maximum Gasteiger partial charge on any atom is 0.248 e. The molecule has 18 heavy (non-hydrogen) atoms. The van der Waals surface area contributed by atoms with Crippen molar-refractivity contribution in [3.63, 3.8) is 0 Å². The molecule has 0 radical (unpaired) electrons. The number of carbonyl (C=O) groups is 1. The molecule has 1 aliphatic heterocycles. The smallest absolute Gasteiger partial charge is 0.248 e. The van der Waals surface area contributed by atoms with Gasteiger partial charge in [-0.15, -0.1) is 0 Å². The lowest BCUT2D eigenvalue weighted by molar-refractivity contribution is -0.139. The van der Waals surface area contributed by atoms with Crippen LogP contribution < -0.4 is 5.73 Å². The number of unbranched alkanes of at least 4 members (excludes halogenated alkanes) is 2. The highest BCUT2D eigenvalue weighted by Gasteiger charge is 2.35. The summed E-state index contributed by atoms with van der Waals surface area (Å²) in [5.74, 6) is 0.103. The van der Waals surface area contributed by atoms with Crippen LogP contribution in [0.4, 0.5) is 0 Å². The van der Waals surface area contributed by atoms with Gasteiger partial charge in [0, 0.05) is 25.7 Å². The number of hydrogen-bond acceptors (Lipinski definition) is 3. The van der Waals surface area contributed by atoms with E-state index in [1.54, 1.807) is 0 Å². The van der Waals surface area contributed by atoms with Gasteiger partial charge in [-0.05, 0) is 18.3 Å². The van der Waals surface area contributed by atoms with E-state index in [1.165, 1.54) is 12.8 Å². The van der Waals surface area contributed by atoms with Crippen molar-refractivity contribution in [1.82, 2.24) is 4.90 Å². The molecule has 1 unspecified atom stereocenters. The van der Waals surface area contributed by atoms with Gasteiger partial charge >= 0.3 is 0 Å². The van der Waals surface area contributed by atoms with Gasteiger partial charge in [0.05, 0.1) is 0 Å². The van der Waals surface area contributed by atoms with Crippen LogP contribution in [0.2, 0.25) is 0 Å². The number of rotatable bonds is 6. The summed E-state index contributed by atoms with van der Waals surface area (Å²) in [5.41, 5.74) is 6.07. The molecular weight excluding hydrogens is 228 g/mol. The van der Waals surface area contributed by atoms with Crippen molar-refractivity contribution in [2.75, 3.05) is 26.3 Å². The second-order valence-electron chi connectivity index (χ2n) is 5.96. The van der Waals surface area contributed by atoms with Crippen molar-refractivity contribution in [2.45, 2.75) is 52.5 Å². The molecule has 0 bridgehead atoms. The third-order valence-electron chi connectivity index (χ3n) is 3.78. The van der Waals surface area contributed by atoms with Crippen molar-refractivity contribution in [3.8, 4) is 0 Å². The van der Waals surface area contributed by atoms with Crippen LogP contribution >= 0.6 is 0 Å². The minimum atomic E-state index is 0.0100. The maximum atomic E-state index is 12.0. The van der Waals surface area contributed by atoms with Gasteiger partial charge in [-0.3, -0.25) is 4.79 Å². The standard InChI is InChI=1S/C14H28N2O2/c1-4-5-6-9-18-10-13(17)16-8-7-12(15)14(2,3)11-16/h12H,4-11,15H2,1-3H3. The molecule has 0 aromatic rings. The quantitative estimate of drug-likeness (QED) is 0.737. The molecule has 1 rings (SSSR count). The highest BCUT2D eigenvalue weighted by atomic mass is 16.5. The van der Waals surface area contributed by atoms with Crippen LogP contribution in [0.3, 0.4) is 0 Å². The van der Waals surface area contributed by atoms with Crippen LogP contribution in [0.5, 0.6) is 0 Å². The first-order valence-corrected chi connectivity index (χ1v) is 7.08. The molecule has 1 amide bonds. The Morgan fingerprint density at radius 3 is 2.78 bits per heavy atom. The van der Waals surface area contributed by atoms with Gasteiger partial charge in [0.2, 0.25) is 5.91 Å². The Balaban J connectivity index is 2.26. The Hall–Kier alpha value is -0.610. The summed E-state index contributed by atoms with van der Waals surface area (Å²) in [7, 11) is 0. The van der Waals surface area contributed by atoms with Crippen molar-refractivity contribution < 1.29 is 9.53 Å². The second kappa shape index (κ2) is 7.10. The number of hydrogen-bond donors (Lipinski definition) is 1. The van der Waals surface area contributed by atoms with Gasteiger partial charge in [0.25, 0.3) is 0 Å². The van der Waals surface area contributed by atoms with Crippen molar-refractivity contribution in [2.24, 2.45) is 11.1 Å². The van der Waals surface area contributed by atoms with E-state index in [2.05, 4.69) is 20.8 Å². The molecular formula is C14H28N2O2. The highest BCUT2D eigenvalue weighted by Crippen LogP contribution is 2.27. The third kappa shape index (κ3) is 4.58. The number of nitrogens with zero attached hydrogens (tertiary/aromatic N) is 1. The Morgan fingerprint density at radius 1 is 1.44 bits per heavy atom. The van der Waals surface area contributed by atoms with E-state index in [4.69, 9.17) is 10.5 Å². The predicted molar refractivity (Wildman–Crippen MR) is 73.3 cm³/mol. The van der Waals surface area contributed by atoms with Crippen LogP contribution in [0.1, 0.15) is 46.5 Å². The molecule has 1 aliphatic rings. The molecule has 106 valence electrons. The van der Waals surface area contributed by atoms with E-state index >= 15 is 0 Å². The molecule has 0 aromatic heterocycles. The summed E-state index contributed by atoms with van der Waals surface area (Å²) in [6.45, 7) is 8.82. The van der Waals surface area contributed by atoms with Gasteiger partial charge in [-0.1, -0.05) is 33.6 Å². The first-order valence-electron chi connectivity index (χ1n) is 7.08. The van der Waals surface area contributed by atoms with E-state index in [-0.39, 0.29) is 24.0 Å². The molecule has 0 aliphatic carbocycles. The molecule has 4 nitrogen and oxygen atoms in total. The van der Waals surface area contributed by atoms with Gasteiger partial charge in [-0.25, -0.2) is 0 Å². The normalized spacial score (nSPS) is 23.1. The Bertz CT molecular complexity index is 267. The summed E-state index contributed by atoms with van der Waals surface area (Å²) in [4.78, 5) is 13.9. The van der Waals surface area contributed by atoms with Crippen molar-refractivity contribution in [1.29, 1.82) is 0 Å². The minimum absolute atomic E-state index is 0.0100. The average Bonchev–Trinajstić information content (AvgIpc) is 2.32. The van der Waals surface area contributed by atoms with Crippen LogP contribution in [0.15, 0.2) is 0 Å². The maximum absolute atomic E-state index is 12.0. The van der Waals surface area contributed by atoms with Gasteiger partial charge < -0.3 is 15.4 Å². The molecule has 2 N–H and O–H groups in total. The van der Waals surface area contributed by atoms with E-state index in [1.807, 2.05) is 4.90 Å². The largest absolute Gasteiger partial charge is 0.372 e. The SMILES string of the molecule is CCCCCOCC(=O)N1CCC(N)C(C)(C)C1. The first kappa shape index (κ1) is 15.4. The molecule has 1 heterocycles. The van der Waals surface area contributed by atoms with E-state index in [9.17, 15) is 4.79 Å². The first-order chi connectivity index (χ1) is 8.47. The van der Waals surface area contributed by atoms with Gasteiger partial charge in [0.1, 0.15) is 6.61 Å². The van der Waals surface area contributed by atoms with E-state index < -0.39 is 0 Å². The number of likely N-dealkylation sites (tertiary alicyclic amines) is 1. The lowest BCUT2D eigenvalue weighted by Gasteiger charge is -2.42. The van der Waals surface area contributed by atoms with Crippen LogP contribution in [0.25, 0.3) is 0 Å². The number of ether oxygens (including phenoxy) is 1. The fourth-order valence-corrected chi connectivity index (χ4v) is 2.29. The molecule has 4 heteroatoms. The van der Waals surface area contributed by atoms with Crippen LogP contribution in [0, 0.1) is 5.41 Å². The fourth-order valence-electron chi connectivity index (χ4n) is 2.29. The monoisotopic (exact) mass is 256 g/mol. The molecule has 0 spiro atoms. The summed E-state index contributed by atoms with van der Waals surface area (Å²) in [5, 5.41) is 0. The molecule has 0 aromatic carbocycles. The zero-order valence-electron chi connectivity index (χ0n) is 12.1. The van der Waals surface area contributed by atoms with Crippen molar-refractivity contribution >= 4 is 5.91 Å². The van der Waals surface area contributed by atoms with Crippen molar-refractivity contribution in [3.05, 3.63) is 0 Å². The molecule has 1 fully saturated rings. The molecule has 1 atom stereocenters. The van der Waals surface area contributed by atoms with Gasteiger partial charge in [-0.2, -0.15) is 0 Å². The summed E-state index contributed by atoms with van der Waals surface area (Å²) < 4.78 is 5.42. The number of piperidine rings is 1. The Kier molecular flexibility index (Phi) is 6.09. The summed E-state index contributed by atoms with van der Waals surface area (Å²) in [6.07, 6.45) is 4.27. The summed E-state index contributed by atoms with van der Waals surface area (Å²) >= 11 is 0. The zero-order chi connectivity index (χ0) is 13.6. The highest BCUT2D eigenvalue weighted by molar-refractivity contribution is 5.77. The topological polar surface area (TPSA) is 55.6 Å². The van der Waals surface area contributed by atoms with Crippen LogP contribution in [-0.2, 0) is 9.53 Å². The molecule has 1 saturated heterocycles. The van der Waals surface area contributed by atoms with E-state index in [0.717, 1.165) is 25.9 Å². The molecule has 0 saturated carbocycles. The predicted octanol–water partition coefficient (Wildman–Crippen LogP) is 1.78. The Morgan fingerprint density at radius 2 is 2.17 bits per heavy atom. The fraction of sp³-hybridized carbons (Fsp3) is 0.929. The Labute approximate surface area is 111 Å². The third-order valence-corrected chi connectivity index (χ3v) is 3.78. The van der Waals surface area contributed by atoms with E-state index in [0.29, 0.717) is 6.61 Å². The number of carbonyl (C=O) groups excluding carboxylic acids is 1. The summed E-state index contributed by atoms with van der Waals surface area (Å²) in [6, 6.07) is 0.187. The minimum Gasteiger partial charge on any atom is -0.372 e. The second-order valence-corrected chi connectivity index (χ2v) is 5.96. The zero-order valence-corrected chi connectivity index (χ0v) is 12.1. The van der Waals surface area contributed by atoms with Gasteiger partial charge in [0.15, 0.2) is 0 Å². The lowest BCUT2D eigenvalue weighted by Crippen LogP contribution is -2.54. The lowest BCUT2D eigenvalue weighted by atomic mass is 9.80. The van der Waals surface area contributed by atoms with Crippen LogP contribution in [-0.4, -0.2) is 43.2 Å².